The zero-order valence-corrected chi connectivity index (χ0v) is 26.1. The number of aliphatic hydroxyl groups is 1. The van der Waals surface area contributed by atoms with Gasteiger partial charge in [-0.2, -0.15) is 0 Å². The Kier molecular flexibility index (Phi) is 10.4. The standard InChI is InChI=1S/C31H40BN5O5S/c1-6-22-11-10-12-23(17-22)18-27(32(41)42-31(4,5)30(2,3)40)33-28(38)25(19-36-15-16-43-29(36)39)20-37-21-26(34-35-37)24-13-8-7-9-14-24/h7-17,21,25,27,40-41H,6,18-20H2,1-5H3,(H,33,38)/t25?,27-/m0/s1. The molecule has 0 saturated carbocycles. The van der Waals surface area contributed by atoms with Crippen LogP contribution in [-0.2, 0) is 35.4 Å². The van der Waals surface area contributed by atoms with E-state index >= 15 is 0 Å². The Labute approximate surface area is 256 Å². The molecule has 228 valence electrons. The number of benzene rings is 2. The fourth-order valence-electron chi connectivity index (χ4n) is 4.52. The summed E-state index contributed by atoms with van der Waals surface area (Å²) in [6, 6.07) is 17.6. The molecule has 0 spiro atoms. The summed E-state index contributed by atoms with van der Waals surface area (Å²) in [5, 5.41) is 35.2. The van der Waals surface area contributed by atoms with E-state index in [-0.39, 0.29) is 30.3 Å². The van der Waals surface area contributed by atoms with Crippen LogP contribution in [0.25, 0.3) is 11.3 Å². The molecular formula is C31H40BN5O5S. The van der Waals surface area contributed by atoms with Crippen molar-refractivity contribution < 1.29 is 19.6 Å². The summed E-state index contributed by atoms with van der Waals surface area (Å²) in [6.07, 6.45) is 4.55. The molecule has 43 heavy (non-hydrogen) atoms. The van der Waals surface area contributed by atoms with Crippen LogP contribution in [0.3, 0.4) is 0 Å². The summed E-state index contributed by atoms with van der Waals surface area (Å²) >= 11 is 1.06. The summed E-state index contributed by atoms with van der Waals surface area (Å²) in [4.78, 5) is 26.2. The van der Waals surface area contributed by atoms with Crippen molar-refractivity contribution in [1.29, 1.82) is 0 Å². The van der Waals surface area contributed by atoms with Gasteiger partial charge in [0, 0.05) is 23.7 Å². The van der Waals surface area contributed by atoms with Gasteiger partial charge in [-0.05, 0) is 51.7 Å². The third-order valence-corrected chi connectivity index (χ3v) is 8.56. The molecule has 0 saturated heterocycles. The maximum Gasteiger partial charge on any atom is 0.479 e. The molecule has 1 amide bonds. The van der Waals surface area contributed by atoms with Crippen molar-refractivity contribution in [2.24, 2.45) is 5.92 Å². The number of aryl methyl sites for hydroxylation is 1. The highest BCUT2D eigenvalue weighted by Crippen LogP contribution is 2.26. The van der Waals surface area contributed by atoms with Crippen LogP contribution in [0.2, 0.25) is 0 Å². The summed E-state index contributed by atoms with van der Waals surface area (Å²) < 4.78 is 9.06. The molecule has 3 N–H and O–H groups in total. The molecule has 0 fully saturated rings. The summed E-state index contributed by atoms with van der Waals surface area (Å²) in [7, 11) is -1.43. The van der Waals surface area contributed by atoms with Gasteiger partial charge in [-0.3, -0.25) is 14.3 Å². The fourth-order valence-corrected chi connectivity index (χ4v) is 5.12. The van der Waals surface area contributed by atoms with E-state index in [1.54, 1.807) is 50.2 Å². The molecule has 2 aromatic heterocycles. The number of amides is 1. The SMILES string of the molecule is CCc1cccc(C[C@H](NC(=O)C(Cn2cc(-c3ccccc3)nn2)Cn2ccsc2=O)B(O)OC(C)(C)C(C)(C)O)c1. The van der Waals surface area contributed by atoms with Gasteiger partial charge in [-0.15, -0.1) is 5.10 Å². The van der Waals surface area contributed by atoms with Crippen molar-refractivity contribution in [2.75, 3.05) is 0 Å². The molecule has 0 aliphatic heterocycles. The highest BCUT2D eigenvalue weighted by Gasteiger charge is 2.42. The number of thiazole rings is 1. The Morgan fingerprint density at radius 2 is 1.81 bits per heavy atom. The molecular weight excluding hydrogens is 565 g/mol. The number of rotatable bonds is 14. The second kappa shape index (κ2) is 13.8. The van der Waals surface area contributed by atoms with E-state index in [1.807, 2.05) is 54.6 Å². The Hall–Kier alpha value is -3.58. The number of nitrogens with zero attached hydrogens (tertiary/aromatic N) is 4. The van der Waals surface area contributed by atoms with Crippen LogP contribution in [0.5, 0.6) is 0 Å². The zero-order valence-electron chi connectivity index (χ0n) is 25.3. The van der Waals surface area contributed by atoms with Crippen molar-refractivity contribution in [1.82, 2.24) is 24.9 Å². The first-order valence-corrected chi connectivity index (χ1v) is 15.3. The molecule has 2 aromatic carbocycles. The minimum absolute atomic E-state index is 0.110. The Balaban J connectivity index is 1.61. The lowest BCUT2D eigenvalue weighted by Gasteiger charge is -2.39. The lowest BCUT2D eigenvalue weighted by atomic mass is 9.72. The minimum Gasteiger partial charge on any atom is -0.426 e. The number of carbonyl (C=O) groups excluding carboxylic acids is 1. The van der Waals surface area contributed by atoms with Gasteiger partial charge >= 0.3 is 12.0 Å². The molecule has 4 rings (SSSR count). The third kappa shape index (κ3) is 8.50. The van der Waals surface area contributed by atoms with Crippen molar-refractivity contribution in [3.63, 3.8) is 0 Å². The van der Waals surface area contributed by atoms with E-state index in [0.29, 0.717) is 5.69 Å². The lowest BCUT2D eigenvalue weighted by molar-refractivity contribution is -0.127. The van der Waals surface area contributed by atoms with Crippen LogP contribution in [0, 0.1) is 5.92 Å². The van der Waals surface area contributed by atoms with E-state index in [4.69, 9.17) is 4.65 Å². The van der Waals surface area contributed by atoms with Gasteiger partial charge in [0.15, 0.2) is 0 Å². The van der Waals surface area contributed by atoms with Gasteiger partial charge in [-0.25, -0.2) is 0 Å². The molecule has 1 unspecified atom stereocenters. The highest BCUT2D eigenvalue weighted by atomic mass is 32.1. The molecule has 0 bridgehead atoms. The predicted molar refractivity (Wildman–Crippen MR) is 168 cm³/mol. The first-order valence-electron chi connectivity index (χ1n) is 14.4. The van der Waals surface area contributed by atoms with E-state index in [1.165, 1.54) is 4.57 Å². The van der Waals surface area contributed by atoms with E-state index in [0.717, 1.165) is 34.4 Å². The predicted octanol–water partition coefficient (Wildman–Crippen LogP) is 3.36. The molecule has 12 heteroatoms. The Morgan fingerprint density at radius 3 is 2.47 bits per heavy atom. The smallest absolute Gasteiger partial charge is 0.426 e. The summed E-state index contributed by atoms with van der Waals surface area (Å²) in [5.41, 5.74) is 1.22. The highest BCUT2D eigenvalue weighted by molar-refractivity contribution is 7.07. The molecule has 10 nitrogen and oxygen atoms in total. The van der Waals surface area contributed by atoms with Crippen LogP contribution in [0.15, 0.2) is 77.2 Å². The van der Waals surface area contributed by atoms with Crippen molar-refractivity contribution in [2.45, 2.75) is 77.7 Å². The monoisotopic (exact) mass is 605 g/mol. The second-order valence-corrected chi connectivity index (χ2v) is 12.6. The molecule has 4 aromatic rings. The molecule has 2 heterocycles. The zero-order chi connectivity index (χ0) is 31.2. The van der Waals surface area contributed by atoms with Crippen LogP contribution < -0.4 is 10.2 Å². The number of aromatic nitrogens is 4. The van der Waals surface area contributed by atoms with Gasteiger partial charge < -0.3 is 24.7 Å². The summed E-state index contributed by atoms with van der Waals surface area (Å²) in [6.45, 7) is 8.91. The molecule has 0 aliphatic rings. The minimum atomic E-state index is -1.43. The van der Waals surface area contributed by atoms with Gasteiger partial charge in [0.1, 0.15) is 5.69 Å². The normalized spacial score (nSPS) is 13.5. The fraction of sp³-hybridized carbons (Fsp3) is 0.419. The average molecular weight is 606 g/mol. The van der Waals surface area contributed by atoms with Crippen LogP contribution in [0.4, 0.5) is 0 Å². The quantitative estimate of drug-likeness (QED) is 0.188. The van der Waals surface area contributed by atoms with Gasteiger partial charge in [-0.1, -0.05) is 78.1 Å². The van der Waals surface area contributed by atoms with Gasteiger partial charge in [0.25, 0.3) is 0 Å². The van der Waals surface area contributed by atoms with Gasteiger partial charge in [0.05, 0.1) is 35.8 Å². The Bertz CT molecular complexity index is 1550. The van der Waals surface area contributed by atoms with Crippen molar-refractivity contribution in [3.05, 3.63) is 93.2 Å². The summed E-state index contributed by atoms with van der Waals surface area (Å²) in [5.74, 6) is -1.95. The maximum atomic E-state index is 14.0. The largest absolute Gasteiger partial charge is 0.479 e. The second-order valence-electron chi connectivity index (χ2n) is 11.8. The van der Waals surface area contributed by atoms with Crippen molar-refractivity contribution >= 4 is 24.4 Å². The number of hydrogen-bond donors (Lipinski definition) is 3. The maximum absolute atomic E-state index is 14.0. The van der Waals surface area contributed by atoms with E-state index in [2.05, 4.69) is 22.6 Å². The number of nitrogens with one attached hydrogen (secondary N) is 1. The topological polar surface area (TPSA) is 132 Å². The van der Waals surface area contributed by atoms with Gasteiger partial charge in [0.2, 0.25) is 5.91 Å². The molecule has 0 radical (unpaired) electrons. The lowest BCUT2D eigenvalue weighted by Crippen LogP contribution is -2.58. The molecule has 2 atom stereocenters. The van der Waals surface area contributed by atoms with E-state index < -0.39 is 30.2 Å². The Morgan fingerprint density at radius 1 is 1.09 bits per heavy atom. The van der Waals surface area contributed by atoms with Crippen LogP contribution in [-0.4, -0.2) is 59.9 Å². The molecule has 0 aliphatic carbocycles. The van der Waals surface area contributed by atoms with Crippen LogP contribution >= 0.6 is 11.3 Å². The number of hydrogen-bond acceptors (Lipinski definition) is 8. The van der Waals surface area contributed by atoms with Crippen LogP contribution in [0.1, 0.15) is 45.7 Å². The third-order valence-electron chi connectivity index (χ3n) is 7.86. The number of carbonyl (C=O) groups is 1. The van der Waals surface area contributed by atoms with Crippen molar-refractivity contribution in [3.8, 4) is 11.3 Å². The van der Waals surface area contributed by atoms with E-state index in [9.17, 15) is 19.7 Å². The first kappa shape index (κ1) is 32.3. The average Bonchev–Trinajstić information content (AvgIpc) is 3.60. The first-order chi connectivity index (χ1) is 20.4.